The van der Waals surface area contributed by atoms with Crippen molar-refractivity contribution >= 4 is 15.9 Å². The first-order valence-corrected chi connectivity index (χ1v) is 9.87. The van der Waals surface area contributed by atoms with Crippen molar-refractivity contribution in [2.75, 3.05) is 13.1 Å². The molecule has 1 amide bonds. The predicted octanol–water partition coefficient (Wildman–Crippen LogP) is 2.63. The second-order valence-corrected chi connectivity index (χ2v) is 7.78. The van der Waals surface area contributed by atoms with Crippen LogP contribution in [0, 0.1) is 0 Å². The SMILES string of the molecule is C=CCNS(=O)(=O)c1ccc(C(=O)NCC(O)c2cccc(C(F)(F)F)c2)cc1. The van der Waals surface area contributed by atoms with Crippen molar-refractivity contribution in [1.29, 1.82) is 0 Å². The van der Waals surface area contributed by atoms with Crippen LogP contribution >= 0.6 is 0 Å². The summed E-state index contributed by atoms with van der Waals surface area (Å²) in [6.45, 7) is 3.15. The monoisotopic (exact) mass is 428 g/mol. The fraction of sp³-hybridized carbons (Fsp3) is 0.211. The Morgan fingerprint density at radius 3 is 2.41 bits per heavy atom. The van der Waals surface area contributed by atoms with E-state index in [1.165, 1.54) is 42.5 Å². The molecule has 0 aromatic heterocycles. The number of sulfonamides is 1. The maximum absolute atomic E-state index is 12.7. The topological polar surface area (TPSA) is 95.5 Å². The third-order valence-corrected chi connectivity index (χ3v) is 5.34. The van der Waals surface area contributed by atoms with E-state index in [4.69, 9.17) is 0 Å². The van der Waals surface area contributed by atoms with Crippen molar-refractivity contribution in [1.82, 2.24) is 10.0 Å². The molecule has 10 heteroatoms. The molecular formula is C19H19F3N2O4S. The summed E-state index contributed by atoms with van der Waals surface area (Å²) in [5.74, 6) is -0.612. The van der Waals surface area contributed by atoms with E-state index in [0.717, 1.165) is 12.1 Å². The standard InChI is InChI=1S/C19H19F3N2O4S/c1-2-10-24-29(27,28)16-8-6-13(7-9-16)18(26)23-12-17(25)14-4-3-5-15(11-14)19(20,21)22/h2-9,11,17,24-25H,1,10,12H2,(H,23,26). The fourth-order valence-corrected chi connectivity index (χ4v) is 3.37. The highest BCUT2D eigenvalue weighted by molar-refractivity contribution is 7.89. The van der Waals surface area contributed by atoms with Crippen molar-refractivity contribution in [2.24, 2.45) is 0 Å². The third-order valence-electron chi connectivity index (χ3n) is 3.90. The lowest BCUT2D eigenvalue weighted by Crippen LogP contribution is -2.28. The van der Waals surface area contributed by atoms with Crippen LogP contribution in [0.1, 0.15) is 27.6 Å². The molecule has 0 spiro atoms. The molecule has 0 heterocycles. The molecule has 0 aliphatic heterocycles. The Labute approximate surface area is 166 Å². The van der Waals surface area contributed by atoms with E-state index in [9.17, 15) is 31.5 Å². The summed E-state index contributed by atoms with van der Waals surface area (Å²) < 4.78 is 64.5. The Morgan fingerprint density at radius 1 is 1.17 bits per heavy atom. The van der Waals surface area contributed by atoms with Gasteiger partial charge in [0.15, 0.2) is 0 Å². The molecule has 0 bridgehead atoms. The minimum Gasteiger partial charge on any atom is -0.387 e. The number of nitrogens with one attached hydrogen (secondary N) is 2. The molecule has 6 nitrogen and oxygen atoms in total. The van der Waals surface area contributed by atoms with Crippen molar-refractivity contribution in [2.45, 2.75) is 17.2 Å². The van der Waals surface area contributed by atoms with Crippen LogP contribution in [0.3, 0.4) is 0 Å². The summed E-state index contributed by atoms with van der Waals surface area (Å²) in [5.41, 5.74) is -0.763. The molecule has 0 aliphatic rings. The Balaban J connectivity index is 2.01. The van der Waals surface area contributed by atoms with Crippen molar-refractivity contribution in [3.05, 3.63) is 77.9 Å². The van der Waals surface area contributed by atoms with Gasteiger partial charge in [-0.25, -0.2) is 13.1 Å². The number of carbonyl (C=O) groups is 1. The molecule has 0 radical (unpaired) electrons. The first-order chi connectivity index (χ1) is 13.5. The Kier molecular flexibility index (Phi) is 7.17. The molecule has 2 rings (SSSR count). The van der Waals surface area contributed by atoms with Gasteiger partial charge in [-0.3, -0.25) is 4.79 Å². The molecule has 156 valence electrons. The molecular weight excluding hydrogens is 409 g/mol. The quantitative estimate of drug-likeness (QED) is 0.564. The van der Waals surface area contributed by atoms with Crippen molar-refractivity contribution < 1.29 is 31.5 Å². The van der Waals surface area contributed by atoms with Gasteiger partial charge in [0.25, 0.3) is 5.91 Å². The first kappa shape index (κ1) is 22.6. The van der Waals surface area contributed by atoms with E-state index in [1.807, 2.05) is 0 Å². The second kappa shape index (κ2) is 9.21. The zero-order valence-corrected chi connectivity index (χ0v) is 15.9. The zero-order chi connectivity index (χ0) is 21.7. The van der Waals surface area contributed by atoms with Gasteiger partial charge >= 0.3 is 6.18 Å². The smallest absolute Gasteiger partial charge is 0.387 e. The Hall–Kier alpha value is -2.69. The molecule has 0 saturated carbocycles. The lowest BCUT2D eigenvalue weighted by Gasteiger charge is -2.14. The van der Waals surface area contributed by atoms with Crippen molar-refractivity contribution in [3.63, 3.8) is 0 Å². The third kappa shape index (κ3) is 6.14. The number of carbonyl (C=O) groups excluding carboxylic acids is 1. The van der Waals surface area contributed by atoms with Gasteiger partial charge in [0.1, 0.15) is 0 Å². The highest BCUT2D eigenvalue weighted by Gasteiger charge is 2.30. The number of hydrogen-bond acceptors (Lipinski definition) is 4. The fourth-order valence-electron chi connectivity index (χ4n) is 2.37. The van der Waals surface area contributed by atoms with Gasteiger partial charge in [0.2, 0.25) is 10.0 Å². The van der Waals surface area contributed by atoms with E-state index >= 15 is 0 Å². The Morgan fingerprint density at radius 2 is 1.83 bits per heavy atom. The average Bonchev–Trinajstić information content (AvgIpc) is 2.69. The van der Waals surface area contributed by atoms with Crippen LogP contribution in [0.25, 0.3) is 0 Å². The molecule has 0 fully saturated rings. The minimum absolute atomic E-state index is 0.00913. The summed E-state index contributed by atoms with van der Waals surface area (Å²) in [5, 5.41) is 12.5. The van der Waals surface area contributed by atoms with Gasteiger partial charge in [-0.1, -0.05) is 18.2 Å². The van der Waals surface area contributed by atoms with Gasteiger partial charge in [-0.2, -0.15) is 13.2 Å². The normalized spacial score (nSPS) is 13.0. The zero-order valence-electron chi connectivity index (χ0n) is 15.1. The van der Waals surface area contributed by atoms with Gasteiger partial charge in [-0.05, 0) is 42.0 Å². The van der Waals surface area contributed by atoms with Crippen LogP contribution in [0.15, 0.2) is 66.1 Å². The van der Waals surface area contributed by atoms with Crippen LogP contribution < -0.4 is 10.0 Å². The number of alkyl halides is 3. The van der Waals surface area contributed by atoms with E-state index in [1.54, 1.807) is 0 Å². The van der Waals surface area contributed by atoms with E-state index < -0.39 is 33.8 Å². The van der Waals surface area contributed by atoms with Gasteiger partial charge in [0, 0.05) is 18.7 Å². The summed E-state index contributed by atoms with van der Waals surface area (Å²) in [6.07, 6.45) is -4.50. The summed E-state index contributed by atoms with van der Waals surface area (Å²) >= 11 is 0. The van der Waals surface area contributed by atoms with E-state index in [-0.39, 0.29) is 29.1 Å². The number of benzene rings is 2. The Bertz CT molecular complexity index is 974. The molecule has 0 saturated heterocycles. The summed E-state index contributed by atoms with van der Waals surface area (Å²) in [4.78, 5) is 12.1. The number of aliphatic hydroxyl groups excluding tert-OH is 1. The van der Waals surface area contributed by atoms with Gasteiger partial charge in [0.05, 0.1) is 16.6 Å². The van der Waals surface area contributed by atoms with Crippen LogP contribution in [-0.4, -0.2) is 32.5 Å². The first-order valence-electron chi connectivity index (χ1n) is 8.38. The second-order valence-electron chi connectivity index (χ2n) is 6.01. The number of halogens is 3. The molecule has 2 aromatic rings. The van der Waals surface area contributed by atoms with Crippen LogP contribution in [0.5, 0.6) is 0 Å². The molecule has 0 aliphatic carbocycles. The highest BCUT2D eigenvalue weighted by Crippen LogP contribution is 2.30. The molecule has 3 N–H and O–H groups in total. The molecule has 1 unspecified atom stereocenters. The number of aliphatic hydroxyl groups is 1. The van der Waals surface area contributed by atoms with E-state index in [0.29, 0.717) is 0 Å². The predicted molar refractivity (Wildman–Crippen MR) is 101 cm³/mol. The van der Waals surface area contributed by atoms with Gasteiger partial charge in [-0.15, -0.1) is 6.58 Å². The summed E-state index contributed by atoms with van der Waals surface area (Å²) in [7, 11) is -3.73. The average molecular weight is 428 g/mol. The minimum atomic E-state index is -4.54. The van der Waals surface area contributed by atoms with E-state index in [2.05, 4.69) is 16.6 Å². The molecule has 2 aromatic carbocycles. The summed E-state index contributed by atoms with van der Waals surface area (Å²) in [6, 6.07) is 9.24. The van der Waals surface area contributed by atoms with Crippen LogP contribution in [-0.2, 0) is 16.2 Å². The maximum atomic E-state index is 12.7. The molecule has 1 atom stereocenters. The maximum Gasteiger partial charge on any atom is 0.416 e. The van der Waals surface area contributed by atoms with Crippen molar-refractivity contribution in [3.8, 4) is 0 Å². The highest BCUT2D eigenvalue weighted by atomic mass is 32.2. The number of hydrogen-bond donors (Lipinski definition) is 3. The lowest BCUT2D eigenvalue weighted by molar-refractivity contribution is -0.137. The number of rotatable bonds is 8. The van der Waals surface area contributed by atoms with Crippen LogP contribution in [0.4, 0.5) is 13.2 Å². The molecule has 29 heavy (non-hydrogen) atoms. The largest absolute Gasteiger partial charge is 0.416 e. The van der Waals surface area contributed by atoms with Gasteiger partial charge < -0.3 is 10.4 Å². The number of amides is 1. The van der Waals surface area contributed by atoms with Crippen LogP contribution in [0.2, 0.25) is 0 Å². The lowest BCUT2D eigenvalue weighted by atomic mass is 10.1.